The minimum Gasteiger partial charge on any atom is -0.298 e. The molecule has 0 fully saturated rings. The van der Waals surface area contributed by atoms with E-state index in [0.717, 1.165) is 22.9 Å². The average molecular weight is 284 g/mol. The summed E-state index contributed by atoms with van der Waals surface area (Å²) in [5, 5.41) is 6.78. The number of rotatable bonds is 4. The number of aryl methyl sites for hydroxylation is 1. The van der Waals surface area contributed by atoms with E-state index in [0.29, 0.717) is 13.1 Å². The van der Waals surface area contributed by atoms with Crippen molar-refractivity contribution in [2.75, 3.05) is 7.05 Å². The first-order chi connectivity index (χ1) is 9.36. The molecule has 0 aromatic carbocycles. The van der Waals surface area contributed by atoms with Gasteiger partial charge in [-0.25, -0.2) is 0 Å². The van der Waals surface area contributed by atoms with Crippen LogP contribution in [-0.2, 0) is 19.3 Å². The van der Waals surface area contributed by atoms with E-state index in [9.17, 15) is 13.2 Å². The maximum absolute atomic E-state index is 12.4. The molecular weight excluding hydrogens is 269 g/mol. The highest BCUT2D eigenvalue weighted by Gasteiger charge is 2.31. The average Bonchev–Trinajstić information content (AvgIpc) is 2.74. The molecule has 2 aromatic heterocycles. The first-order valence-corrected chi connectivity index (χ1v) is 6.06. The van der Waals surface area contributed by atoms with E-state index in [-0.39, 0.29) is 0 Å². The van der Waals surface area contributed by atoms with Gasteiger partial charge in [-0.2, -0.15) is 18.3 Å². The van der Waals surface area contributed by atoms with Gasteiger partial charge in [0.15, 0.2) is 0 Å². The van der Waals surface area contributed by atoms with Crippen LogP contribution in [0.3, 0.4) is 0 Å². The Hall–Kier alpha value is -1.89. The predicted molar refractivity (Wildman–Crippen MR) is 67.7 cm³/mol. The fourth-order valence-corrected chi connectivity index (χ4v) is 1.88. The van der Waals surface area contributed by atoms with Crippen molar-refractivity contribution in [2.45, 2.75) is 26.2 Å². The fourth-order valence-electron chi connectivity index (χ4n) is 1.88. The Labute approximate surface area is 114 Å². The zero-order valence-corrected chi connectivity index (χ0v) is 11.2. The van der Waals surface area contributed by atoms with Crippen LogP contribution in [0.5, 0.6) is 0 Å². The Balaban J connectivity index is 1.98. The molecule has 2 rings (SSSR count). The molecule has 0 aliphatic heterocycles. The van der Waals surface area contributed by atoms with E-state index in [1.807, 2.05) is 18.9 Å². The minimum absolute atomic E-state index is 0.524. The lowest BCUT2D eigenvalue weighted by Crippen LogP contribution is -2.18. The molecule has 1 N–H and O–H groups in total. The van der Waals surface area contributed by atoms with Crippen LogP contribution in [0.1, 0.15) is 22.5 Å². The maximum Gasteiger partial charge on any atom is 0.433 e. The highest BCUT2D eigenvalue weighted by atomic mass is 19.4. The lowest BCUT2D eigenvalue weighted by atomic mass is 10.2. The molecule has 0 bridgehead atoms. The van der Waals surface area contributed by atoms with E-state index >= 15 is 0 Å². The lowest BCUT2D eigenvalue weighted by Gasteiger charge is -2.16. The van der Waals surface area contributed by atoms with E-state index in [2.05, 4.69) is 15.2 Å². The SMILES string of the molecule is Cc1[nH]ncc1CN(C)Cc1ccc(C(F)(F)F)nc1. The Morgan fingerprint density at radius 1 is 1.20 bits per heavy atom. The molecule has 0 saturated heterocycles. The molecule has 2 aromatic rings. The van der Waals surface area contributed by atoms with Crippen molar-refractivity contribution in [2.24, 2.45) is 0 Å². The summed E-state index contributed by atoms with van der Waals surface area (Å²) in [5.41, 5.74) is 1.92. The van der Waals surface area contributed by atoms with Gasteiger partial charge in [-0.15, -0.1) is 0 Å². The van der Waals surface area contributed by atoms with Gasteiger partial charge >= 0.3 is 6.18 Å². The van der Waals surface area contributed by atoms with E-state index in [1.54, 1.807) is 6.20 Å². The van der Waals surface area contributed by atoms with Crippen LogP contribution < -0.4 is 0 Å². The van der Waals surface area contributed by atoms with E-state index in [4.69, 9.17) is 0 Å². The van der Waals surface area contributed by atoms with Crippen molar-refractivity contribution in [3.05, 3.63) is 47.0 Å². The number of hydrogen-bond donors (Lipinski definition) is 1. The number of nitrogens with zero attached hydrogens (tertiary/aromatic N) is 3. The van der Waals surface area contributed by atoms with Crippen molar-refractivity contribution in [3.8, 4) is 0 Å². The minimum atomic E-state index is -4.39. The Morgan fingerprint density at radius 3 is 2.45 bits per heavy atom. The van der Waals surface area contributed by atoms with Crippen molar-refractivity contribution >= 4 is 0 Å². The summed E-state index contributed by atoms with van der Waals surface area (Å²) >= 11 is 0. The summed E-state index contributed by atoms with van der Waals surface area (Å²) in [7, 11) is 1.89. The summed E-state index contributed by atoms with van der Waals surface area (Å²) in [6.45, 7) is 3.12. The van der Waals surface area contributed by atoms with Crippen molar-refractivity contribution in [1.82, 2.24) is 20.1 Å². The molecule has 0 aliphatic rings. The third kappa shape index (κ3) is 3.57. The number of halogens is 3. The highest BCUT2D eigenvalue weighted by Crippen LogP contribution is 2.27. The molecule has 0 saturated carbocycles. The number of alkyl halides is 3. The number of nitrogens with one attached hydrogen (secondary N) is 1. The van der Waals surface area contributed by atoms with Gasteiger partial charge < -0.3 is 0 Å². The van der Waals surface area contributed by atoms with E-state index in [1.165, 1.54) is 12.3 Å². The Kier molecular flexibility index (Phi) is 4.08. The van der Waals surface area contributed by atoms with Gasteiger partial charge in [0.2, 0.25) is 0 Å². The van der Waals surface area contributed by atoms with Crippen molar-refractivity contribution in [1.29, 1.82) is 0 Å². The van der Waals surface area contributed by atoms with Crippen LogP contribution in [0.2, 0.25) is 0 Å². The van der Waals surface area contributed by atoms with Gasteiger partial charge in [0.1, 0.15) is 5.69 Å². The van der Waals surface area contributed by atoms with Crippen LogP contribution in [-0.4, -0.2) is 27.1 Å². The quantitative estimate of drug-likeness (QED) is 0.939. The molecule has 0 atom stereocenters. The molecule has 0 unspecified atom stereocenters. The third-order valence-corrected chi connectivity index (χ3v) is 2.94. The highest BCUT2D eigenvalue weighted by molar-refractivity contribution is 5.17. The van der Waals surface area contributed by atoms with Gasteiger partial charge in [-0.3, -0.25) is 15.0 Å². The third-order valence-electron chi connectivity index (χ3n) is 2.94. The molecule has 0 spiro atoms. The molecule has 0 radical (unpaired) electrons. The zero-order chi connectivity index (χ0) is 14.8. The van der Waals surface area contributed by atoms with Crippen LogP contribution in [0.15, 0.2) is 24.5 Å². The first kappa shape index (κ1) is 14.5. The monoisotopic (exact) mass is 284 g/mol. The first-order valence-electron chi connectivity index (χ1n) is 6.06. The lowest BCUT2D eigenvalue weighted by molar-refractivity contribution is -0.141. The van der Waals surface area contributed by atoms with Gasteiger partial charge in [0.05, 0.1) is 6.20 Å². The van der Waals surface area contributed by atoms with Crippen molar-refractivity contribution < 1.29 is 13.2 Å². The van der Waals surface area contributed by atoms with Crippen LogP contribution in [0.25, 0.3) is 0 Å². The molecule has 20 heavy (non-hydrogen) atoms. The van der Waals surface area contributed by atoms with Gasteiger partial charge in [-0.1, -0.05) is 6.07 Å². The summed E-state index contributed by atoms with van der Waals surface area (Å²) < 4.78 is 37.2. The van der Waals surface area contributed by atoms with Gasteiger partial charge in [0, 0.05) is 30.5 Å². The van der Waals surface area contributed by atoms with Crippen molar-refractivity contribution in [3.63, 3.8) is 0 Å². The van der Waals surface area contributed by atoms with Gasteiger partial charge in [-0.05, 0) is 25.6 Å². The second-order valence-electron chi connectivity index (χ2n) is 4.74. The smallest absolute Gasteiger partial charge is 0.298 e. The van der Waals surface area contributed by atoms with Crippen LogP contribution in [0.4, 0.5) is 13.2 Å². The molecule has 0 aliphatic carbocycles. The number of aromatic amines is 1. The summed E-state index contributed by atoms with van der Waals surface area (Å²) in [5.74, 6) is 0. The Bertz CT molecular complexity index is 560. The van der Waals surface area contributed by atoms with Crippen LogP contribution >= 0.6 is 0 Å². The Morgan fingerprint density at radius 2 is 1.95 bits per heavy atom. The topological polar surface area (TPSA) is 44.8 Å². The molecule has 4 nitrogen and oxygen atoms in total. The largest absolute Gasteiger partial charge is 0.433 e. The molecular formula is C13H15F3N4. The second-order valence-corrected chi connectivity index (χ2v) is 4.74. The summed E-state index contributed by atoms with van der Waals surface area (Å²) in [6, 6.07) is 2.46. The van der Waals surface area contributed by atoms with Gasteiger partial charge in [0.25, 0.3) is 0 Å². The predicted octanol–water partition coefficient (Wildman–Crippen LogP) is 2.76. The zero-order valence-electron chi connectivity index (χ0n) is 11.2. The van der Waals surface area contributed by atoms with Crippen LogP contribution in [0, 0.1) is 6.92 Å². The molecule has 7 heteroatoms. The number of pyridine rings is 1. The summed E-state index contributed by atoms with van der Waals surface area (Å²) in [4.78, 5) is 5.44. The molecule has 0 amide bonds. The number of aromatic nitrogens is 3. The summed E-state index contributed by atoms with van der Waals surface area (Å²) in [6.07, 6.45) is -1.38. The normalized spacial score (nSPS) is 12.1. The number of H-pyrrole nitrogens is 1. The standard InChI is InChI=1S/C13H15F3N4/c1-9-11(6-18-19-9)8-20(2)7-10-3-4-12(17-5-10)13(14,15)16/h3-6H,7-8H2,1-2H3,(H,18,19). The fraction of sp³-hybridized carbons (Fsp3) is 0.385. The number of hydrogen-bond acceptors (Lipinski definition) is 3. The molecule has 108 valence electrons. The maximum atomic E-state index is 12.4. The van der Waals surface area contributed by atoms with E-state index < -0.39 is 11.9 Å². The second kappa shape index (κ2) is 5.62. The molecule has 2 heterocycles.